The van der Waals surface area contributed by atoms with Gasteiger partial charge < -0.3 is 10.2 Å². The SMILES string of the molecule is CCCN(C)C[C@@H](C)NC=O. The van der Waals surface area contributed by atoms with Crippen LogP contribution in [0.15, 0.2) is 0 Å². The van der Waals surface area contributed by atoms with Crippen molar-refractivity contribution in [2.45, 2.75) is 26.3 Å². The van der Waals surface area contributed by atoms with Gasteiger partial charge in [-0.25, -0.2) is 0 Å². The summed E-state index contributed by atoms with van der Waals surface area (Å²) in [4.78, 5) is 12.2. The zero-order valence-electron chi connectivity index (χ0n) is 7.63. The Morgan fingerprint density at radius 3 is 2.73 bits per heavy atom. The molecular formula is C8H18N2O. The summed E-state index contributed by atoms with van der Waals surface area (Å²) in [6, 6.07) is 0.254. The Kier molecular flexibility index (Phi) is 5.84. The Bertz CT molecular complexity index is 106. The molecule has 11 heavy (non-hydrogen) atoms. The van der Waals surface area contributed by atoms with Crippen LogP contribution in [0.5, 0.6) is 0 Å². The fourth-order valence-corrected chi connectivity index (χ4v) is 1.11. The fraction of sp³-hybridized carbons (Fsp3) is 0.875. The summed E-state index contributed by atoms with van der Waals surface area (Å²) in [6.07, 6.45) is 1.91. The molecule has 0 bridgehead atoms. The van der Waals surface area contributed by atoms with Gasteiger partial charge in [-0.3, -0.25) is 4.79 Å². The van der Waals surface area contributed by atoms with E-state index in [1.54, 1.807) is 0 Å². The van der Waals surface area contributed by atoms with Crippen molar-refractivity contribution in [1.82, 2.24) is 10.2 Å². The van der Waals surface area contributed by atoms with E-state index in [1.807, 2.05) is 6.92 Å². The first-order valence-corrected chi connectivity index (χ1v) is 4.09. The van der Waals surface area contributed by atoms with Gasteiger partial charge in [-0.1, -0.05) is 6.92 Å². The van der Waals surface area contributed by atoms with E-state index in [-0.39, 0.29) is 6.04 Å². The van der Waals surface area contributed by atoms with Crippen LogP contribution in [-0.4, -0.2) is 37.5 Å². The third-order valence-electron chi connectivity index (χ3n) is 1.54. The molecule has 0 heterocycles. The number of nitrogens with zero attached hydrogens (tertiary/aromatic N) is 1. The van der Waals surface area contributed by atoms with Crippen LogP contribution in [-0.2, 0) is 4.79 Å². The van der Waals surface area contributed by atoms with Crippen LogP contribution in [0.25, 0.3) is 0 Å². The van der Waals surface area contributed by atoms with Gasteiger partial charge >= 0.3 is 0 Å². The summed E-state index contributed by atoms with van der Waals surface area (Å²) in [5.74, 6) is 0. The summed E-state index contributed by atoms with van der Waals surface area (Å²) >= 11 is 0. The number of hydrogen-bond acceptors (Lipinski definition) is 2. The molecule has 3 nitrogen and oxygen atoms in total. The van der Waals surface area contributed by atoms with Crippen molar-refractivity contribution in [2.24, 2.45) is 0 Å². The predicted octanol–water partition coefficient (Wildman–Crippen LogP) is 0.463. The molecule has 0 aromatic heterocycles. The number of nitrogens with one attached hydrogen (secondary N) is 1. The van der Waals surface area contributed by atoms with Crippen molar-refractivity contribution < 1.29 is 4.79 Å². The number of hydrogen-bond donors (Lipinski definition) is 1. The molecule has 0 fully saturated rings. The van der Waals surface area contributed by atoms with Crippen LogP contribution in [0.2, 0.25) is 0 Å². The smallest absolute Gasteiger partial charge is 0.207 e. The number of carbonyl (C=O) groups excluding carboxylic acids is 1. The van der Waals surface area contributed by atoms with Crippen molar-refractivity contribution in [3.05, 3.63) is 0 Å². The van der Waals surface area contributed by atoms with E-state index in [9.17, 15) is 4.79 Å². The molecular weight excluding hydrogens is 140 g/mol. The van der Waals surface area contributed by atoms with Gasteiger partial charge in [0, 0.05) is 12.6 Å². The van der Waals surface area contributed by atoms with Crippen LogP contribution < -0.4 is 5.32 Å². The van der Waals surface area contributed by atoms with Crippen molar-refractivity contribution in [3.8, 4) is 0 Å². The largest absolute Gasteiger partial charge is 0.355 e. The second-order valence-electron chi connectivity index (χ2n) is 2.95. The molecule has 0 aromatic carbocycles. The van der Waals surface area contributed by atoms with Gasteiger partial charge in [-0.05, 0) is 26.9 Å². The molecule has 66 valence electrons. The van der Waals surface area contributed by atoms with E-state index in [0.717, 1.165) is 25.9 Å². The minimum atomic E-state index is 0.254. The van der Waals surface area contributed by atoms with Gasteiger partial charge in [-0.15, -0.1) is 0 Å². The van der Waals surface area contributed by atoms with Gasteiger partial charge in [0.2, 0.25) is 6.41 Å². The van der Waals surface area contributed by atoms with E-state index in [4.69, 9.17) is 0 Å². The highest BCUT2D eigenvalue weighted by atomic mass is 16.1. The first kappa shape index (κ1) is 10.4. The topological polar surface area (TPSA) is 32.3 Å². The molecule has 0 radical (unpaired) electrons. The van der Waals surface area contributed by atoms with E-state index < -0.39 is 0 Å². The molecule has 1 atom stereocenters. The number of carbonyl (C=O) groups is 1. The molecule has 0 saturated carbocycles. The minimum Gasteiger partial charge on any atom is -0.355 e. The Balaban J connectivity index is 3.39. The maximum atomic E-state index is 10.0. The van der Waals surface area contributed by atoms with E-state index in [2.05, 4.69) is 24.2 Å². The van der Waals surface area contributed by atoms with Crippen molar-refractivity contribution >= 4 is 6.41 Å². The van der Waals surface area contributed by atoms with Gasteiger partial charge in [0.1, 0.15) is 0 Å². The zero-order chi connectivity index (χ0) is 8.69. The third kappa shape index (κ3) is 5.85. The van der Waals surface area contributed by atoms with Crippen molar-refractivity contribution in [3.63, 3.8) is 0 Å². The summed E-state index contributed by atoms with van der Waals surface area (Å²) < 4.78 is 0. The summed E-state index contributed by atoms with van der Waals surface area (Å²) in [5, 5.41) is 2.71. The predicted molar refractivity (Wildman–Crippen MR) is 46.4 cm³/mol. The lowest BCUT2D eigenvalue weighted by molar-refractivity contribution is -0.110. The number of rotatable bonds is 6. The van der Waals surface area contributed by atoms with E-state index in [0.29, 0.717) is 0 Å². The molecule has 0 aromatic rings. The molecule has 0 aliphatic heterocycles. The summed E-state index contributed by atoms with van der Waals surface area (Å²) in [7, 11) is 2.06. The van der Waals surface area contributed by atoms with E-state index in [1.165, 1.54) is 0 Å². The van der Waals surface area contributed by atoms with E-state index >= 15 is 0 Å². The highest BCUT2D eigenvalue weighted by Crippen LogP contribution is 1.89. The molecule has 1 amide bonds. The molecule has 0 spiro atoms. The van der Waals surface area contributed by atoms with Crippen LogP contribution in [0.4, 0.5) is 0 Å². The molecule has 0 aliphatic carbocycles. The Morgan fingerprint density at radius 2 is 2.27 bits per heavy atom. The molecule has 1 N–H and O–H groups in total. The Hall–Kier alpha value is -0.570. The molecule has 0 saturated heterocycles. The summed E-state index contributed by atoms with van der Waals surface area (Å²) in [5.41, 5.74) is 0. The highest BCUT2D eigenvalue weighted by Gasteiger charge is 2.02. The molecule has 3 heteroatoms. The third-order valence-corrected chi connectivity index (χ3v) is 1.54. The Labute approximate surface area is 68.8 Å². The minimum absolute atomic E-state index is 0.254. The molecule has 0 aliphatic rings. The average molecular weight is 158 g/mol. The fourth-order valence-electron chi connectivity index (χ4n) is 1.11. The van der Waals surface area contributed by atoms with Gasteiger partial charge in [-0.2, -0.15) is 0 Å². The zero-order valence-corrected chi connectivity index (χ0v) is 7.63. The second kappa shape index (κ2) is 6.16. The quantitative estimate of drug-likeness (QED) is 0.570. The Morgan fingerprint density at radius 1 is 1.64 bits per heavy atom. The van der Waals surface area contributed by atoms with Crippen LogP contribution in [0.1, 0.15) is 20.3 Å². The van der Waals surface area contributed by atoms with Crippen LogP contribution >= 0.6 is 0 Å². The van der Waals surface area contributed by atoms with Crippen LogP contribution in [0.3, 0.4) is 0 Å². The normalized spacial score (nSPS) is 13.1. The van der Waals surface area contributed by atoms with Gasteiger partial charge in [0.05, 0.1) is 0 Å². The highest BCUT2D eigenvalue weighted by molar-refractivity contribution is 5.46. The monoisotopic (exact) mass is 158 g/mol. The average Bonchev–Trinajstić information content (AvgIpc) is 1.87. The maximum absolute atomic E-state index is 10.0. The molecule has 0 unspecified atom stereocenters. The van der Waals surface area contributed by atoms with Crippen LogP contribution in [0, 0.1) is 0 Å². The maximum Gasteiger partial charge on any atom is 0.207 e. The standard InChI is InChI=1S/C8H18N2O/c1-4-5-10(3)6-8(2)9-7-11/h7-8H,4-6H2,1-3H3,(H,9,11)/t8-/m1/s1. The summed E-state index contributed by atoms with van der Waals surface area (Å²) in [6.45, 7) is 6.16. The lowest BCUT2D eigenvalue weighted by Gasteiger charge is -2.19. The lowest BCUT2D eigenvalue weighted by Crippen LogP contribution is -2.36. The first-order valence-electron chi connectivity index (χ1n) is 4.09. The van der Waals surface area contributed by atoms with Gasteiger partial charge in [0.25, 0.3) is 0 Å². The number of amides is 1. The molecule has 0 rings (SSSR count). The second-order valence-corrected chi connectivity index (χ2v) is 2.95. The van der Waals surface area contributed by atoms with Crippen molar-refractivity contribution in [2.75, 3.05) is 20.1 Å². The first-order chi connectivity index (χ1) is 5.20. The number of likely N-dealkylation sites (N-methyl/N-ethyl adjacent to an activating group) is 1. The lowest BCUT2D eigenvalue weighted by atomic mass is 10.3. The van der Waals surface area contributed by atoms with Crippen molar-refractivity contribution in [1.29, 1.82) is 0 Å². The van der Waals surface area contributed by atoms with Gasteiger partial charge in [0.15, 0.2) is 0 Å².